The first-order valence-electron chi connectivity index (χ1n) is 5.55. The van der Waals surface area contributed by atoms with Gasteiger partial charge in [0.15, 0.2) is 11.7 Å². The first-order chi connectivity index (χ1) is 8.47. The number of aryl methyl sites for hydroxylation is 1. The summed E-state index contributed by atoms with van der Waals surface area (Å²) < 4.78 is 1.70. The minimum atomic E-state index is -0.664. The smallest absolute Gasteiger partial charge is 0.231 e. The van der Waals surface area contributed by atoms with Crippen molar-refractivity contribution < 1.29 is 10.0 Å². The highest BCUT2D eigenvalue weighted by molar-refractivity contribution is 6.02. The predicted octanol–water partition coefficient (Wildman–Crippen LogP) is -0.550. The Bertz CT molecular complexity index is 439. The van der Waals surface area contributed by atoms with E-state index in [1.807, 2.05) is 13.8 Å². The van der Waals surface area contributed by atoms with Gasteiger partial charge < -0.3 is 20.8 Å². The Balaban J connectivity index is 2.66. The Morgan fingerprint density at radius 3 is 2.78 bits per heavy atom. The molecule has 0 aliphatic rings. The third kappa shape index (κ3) is 3.19. The molecule has 1 unspecified atom stereocenters. The predicted molar refractivity (Wildman–Crippen MR) is 64.6 cm³/mol. The van der Waals surface area contributed by atoms with E-state index in [4.69, 9.17) is 10.9 Å². The second-order valence-corrected chi connectivity index (χ2v) is 4.32. The van der Waals surface area contributed by atoms with E-state index in [1.54, 1.807) is 17.9 Å². The molecule has 0 aromatic carbocycles. The zero-order valence-electron chi connectivity index (χ0n) is 10.7. The number of carbonyl (C=O) groups is 1. The maximum Gasteiger partial charge on any atom is 0.231 e. The number of amides is 1. The topological polar surface area (TPSA) is 118 Å². The largest absolute Gasteiger partial charge is 0.409 e. The van der Waals surface area contributed by atoms with Crippen molar-refractivity contribution in [1.82, 2.24) is 20.1 Å². The lowest BCUT2D eigenvalue weighted by Crippen LogP contribution is -2.41. The van der Waals surface area contributed by atoms with Crippen molar-refractivity contribution in [2.75, 3.05) is 0 Å². The number of aromatic nitrogens is 3. The summed E-state index contributed by atoms with van der Waals surface area (Å²) in [5.41, 5.74) is 5.50. The van der Waals surface area contributed by atoms with Crippen LogP contribution in [0.25, 0.3) is 0 Å². The fraction of sp³-hybridized carbons (Fsp3) is 0.600. The molecular weight excluding hydrogens is 236 g/mol. The summed E-state index contributed by atoms with van der Waals surface area (Å²) in [7, 11) is 1.78. The average molecular weight is 254 g/mol. The van der Waals surface area contributed by atoms with Gasteiger partial charge in [-0.05, 0) is 5.92 Å². The molecule has 8 nitrogen and oxygen atoms in total. The van der Waals surface area contributed by atoms with Crippen molar-refractivity contribution in [2.45, 2.75) is 20.4 Å². The molecule has 8 heteroatoms. The van der Waals surface area contributed by atoms with Crippen molar-refractivity contribution >= 4 is 11.7 Å². The number of nitrogens with one attached hydrogen (secondary N) is 1. The first-order valence-corrected chi connectivity index (χ1v) is 5.55. The Hall–Kier alpha value is -2.12. The van der Waals surface area contributed by atoms with E-state index >= 15 is 0 Å². The van der Waals surface area contributed by atoms with Gasteiger partial charge >= 0.3 is 0 Å². The molecule has 4 N–H and O–H groups in total. The summed E-state index contributed by atoms with van der Waals surface area (Å²) in [5, 5.41) is 21.8. The first kappa shape index (κ1) is 13.9. The third-order valence-corrected chi connectivity index (χ3v) is 2.61. The fourth-order valence-electron chi connectivity index (χ4n) is 1.58. The minimum absolute atomic E-state index is 0.0691. The van der Waals surface area contributed by atoms with Crippen molar-refractivity contribution in [3.05, 3.63) is 12.2 Å². The summed E-state index contributed by atoms with van der Waals surface area (Å²) in [6.07, 6.45) is 1.55. The van der Waals surface area contributed by atoms with Crippen LogP contribution in [0.1, 0.15) is 19.7 Å². The van der Waals surface area contributed by atoms with E-state index in [2.05, 4.69) is 20.7 Å². The lowest BCUT2D eigenvalue weighted by molar-refractivity contribution is -0.124. The molecule has 18 heavy (non-hydrogen) atoms. The van der Waals surface area contributed by atoms with Crippen LogP contribution in [0.3, 0.4) is 0 Å². The van der Waals surface area contributed by atoms with Gasteiger partial charge in [-0.25, -0.2) is 0 Å². The summed E-state index contributed by atoms with van der Waals surface area (Å²) in [4.78, 5) is 12.0. The van der Waals surface area contributed by atoms with E-state index < -0.39 is 5.92 Å². The highest BCUT2D eigenvalue weighted by Gasteiger charge is 2.26. The Kier molecular flexibility index (Phi) is 4.64. The summed E-state index contributed by atoms with van der Waals surface area (Å²) in [6, 6.07) is 0. The molecule has 0 fully saturated rings. The number of hydrogen-bond donors (Lipinski definition) is 3. The normalized spacial score (nSPS) is 13.7. The summed E-state index contributed by atoms with van der Waals surface area (Å²) in [5.74, 6) is -0.502. The van der Waals surface area contributed by atoms with Gasteiger partial charge in [0, 0.05) is 7.05 Å². The minimum Gasteiger partial charge on any atom is -0.409 e. The van der Waals surface area contributed by atoms with E-state index in [1.165, 1.54) is 0 Å². The second kappa shape index (κ2) is 5.99. The highest BCUT2D eigenvalue weighted by Crippen LogP contribution is 2.11. The molecule has 1 aromatic heterocycles. The molecule has 0 aliphatic heterocycles. The Morgan fingerprint density at radius 2 is 2.33 bits per heavy atom. The number of nitrogens with two attached hydrogens (primary N) is 1. The van der Waals surface area contributed by atoms with Crippen LogP contribution in [-0.4, -0.2) is 31.7 Å². The molecule has 0 radical (unpaired) electrons. The lowest BCUT2D eigenvalue weighted by atomic mass is 9.94. The van der Waals surface area contributed by atoms with E-state index in [0.717, 1.165) is 0 Å². The van der Waals surface area contributed by atoms with Crippen LogP contribution in [-0.2, 0) is 18.4 Å². The Morgan fingerprint density at radius 1 is 1.67 bits per heavy atom. The number of amidine groups is 1. The number of hydrogen-bond acceptors (Lipinski definition) is 5. The van der Waals surface area contributed by atoms with Crippen LogP contribution in [0.15, 0.2) is 11.5 Å². The standard InChI is InChI=1S/C10H18N6O2/c1-6(2)8(9(11)15-18)10(17)12-4-7-14-13-5-16(7)3/h5-6,8,18H,4H2,1-3H3,(H2,11,15)(H,12,17). The molecule has 1 heterocycles. The van der Waals surface area contributed by atoms with Gasteiger partial charge in [0.1, 0.15) is 12.2 Å². The van der Waals surface area contributed by atoms with Gasteiger partial charge in [0.05, 0.1) is 6.54 Å². The van der Waals surface area contributed by atoms with Crippen LogP contribution >= 0.6 is 0 Å². The number of nitrogens with zero attached hydrogens (tertiary/aromatic N) is 4. The average Bonchev–Trinajstić information content (AvgIpc) is 2.71. The van der Waals surface area contributed by atoms with Gasteiger partial charge in [-0.1, -0.05) is 19.0 Å². The van der Waals surface area contributed by atoms with Gasteiger partial charge in [-0.2, -0.15) is 0 Å². The molecular formula is C10H18N6O2. The Labute approximate surface area is 105 Å². The van der Waals surface area contributed by atoms with Crippen LogP contribution in [0, 0.1) is 11.8 Å². The SMILES string of the molecule is CC(C)C(C(=O)NCc1nncn1C)/C(N)=N/O. The van der Waals surface area contributed by atoms with Gasteiger partial charge in [0.25, 0.3) is 0 Å². The molecule has 0 spiro atoms. The van der Waals surface area contributed by atoms with Gasteiger partial charge in [-0.3, -0.25) is 4.79 Å². The number of rotatable bonds is 5. The van der Waals surface area contributed by atoms with Crippen LogP contribution in [0.2, 0.25) is 0 Å². The van der Waals surface area contributed by atoms with E-state index in [-0.39, 0.29) is 24.2 Å². The molecule has 0 saturated heterocycles. The van der Waals surface area contributed by atoms with Crippen LogP contribution < -0.4 is 11.1 Å². The molecule has 1 aromatic rings. The zero-order chi connectivity index (χ0) is 13.7. The number of oxime groups is 1. The number of carbonyl (C=O) groups excluding carboxylic acids is 1. The molecule has 1 rings (SSSR count). The molecule has 100 valence electrons. The monoisotopic (exact) mass is 254 g/mol. The summed E-state index contributed by atoms with van der Waals surface area (Å²) in [6.45, 7) is 3.90. The maximum atomic E-state index is 12.0. The van der Waals surface area contributed by atoms with Crippen LogP contribution in [0.5, 0.6) is 0 Å². The zero-order valence-corrected chi connectivity index (χ0v) is 10.7. The van der Waals surface area contributed by atoms with E-state index in [0.29, 0.717) is 5.82 Å². The van der Waals surface area contributed by atoms with E-state index in [9.17, 15) is 4.79 Å². The van der Waals surface area contributed by atoms with Crippen molar-refractivity contribution in [3.63, 3.8) is 0 Å². The fourth-order valence-corrected chi connectivity index (χ4v) is 1.58. The van der Waals surface area contributed by atoms with Gasteiger partial charge in [0.2, 0.25) is 5.91 Å². The summed E-state index contributed by atoms with van der Waals surface area (Å²) >= 11 is 0. The van der Waals surface area contributed by atoms with Crippen molar-refractivity contribution in [3.8, 4) is 0 Å². The molecule has 1 atom stereocenters. The molecule has 0 saturated carbocycles. The quantitative estimate of drug-likeness (QED) is 0.282. The molecule has 1 amide bonds. The second-order valence-electron chi connectivity index (χ2n) is 4.32. The molecule has 0 bridgehead atoms. The maximum absolute atomic E-state index is 12.0. The van der Waals surface area contributed by atoms with Crippen molar-refractivity contribution in [1.29, 1.82) is 0 Å². The third-order valence-electron chi connectivity index (χ3n) is 2.61. The van der Waals surface area contributed by atoms with Crippen LogP contribution in [0.4, 0.5) is 0 Å². The van der Waals surface area contributed by atoms with Gasteiger partial charge in [-0.15, -0.1) is 10.2 Å². The lowest BCUT2D eigenvalue weighted by Gasteiger charge is -2.18. The molecule has 0 aliphatic carbocycles. The van der Waals surface area contributed by atoms with Crippen molar-refractivity contribution in [2.24, 2.45) is 29.8 Å². The highest BCUT2D eigenvalue weighted by atomic mass is 16.4.